The number of nitro groups is 1. The van der Waals surface area contributed by atoms with Crippen LogP contribution >= 0.6 is 11.8 Å². The lowest BCUT2D eigenvalue weighted by Gasteiger charge is -1.97. The summed E-state index contributed by atoms with van der Waals surface area (Å²) in [5.41, 5.74) is 0.984. The monoisotopic (exact) mass is 211 g/mol. The van der Waals surface area contributed by atoms with Gasteiger partial charge in [-0.15, -0.1) is 0 Å². The first-order valence-corrected chi connectivity index (χ1v) is 4.95. The molecule has 0 heterocycles. The van der Waals surface area contributed by atoms with E-state index in [4.69, 9.17) is 0 Å². The van der Waals surface area contributed by atoms with Gasteiger partial charge in [0.05, 0.1) is 4.92 Å². The first-order valence-electron chi connectivity index (χ1n) is 3.96. The molecule has 1 aromatic rings. The molecular formula is C9H9NO3S. The van der Waals surface area contributed by atoms with E-state index in [1.165, 1.54) is 30.8 Å². The van der Waals surface area contributed by atoms with Gasteiger partial charge in [-0.1, -0.05) is 23.9 Å². The fourth-order valence-electron chi connectivity index (χ4n) is 0.899. The highest BCUT2D eigenvalue weighted by Crippen LogP contribution is 2.16. The van der Waals surface area contributed by atoms with E-state index in [0.29, 0.717) is 5.75 Å². The van der Waals surface area contributed by atoms with Crippen molar-refractivity contribution in [3.63, 3.8) is 0 Å². The summed E-state index contributed by atoms with van der Waals surface area (Å²) in [5.74, 6) is 0.563. The van der Waals surface area contributed by atoms with Crippen LogP contribution in [0.25, 0.3) is 0 Å². The number of rotatable bonds is 3. The molecule has 0 aromatic heterocycles. The normalized spacial score (nSPS) is 9.79. The van der Waals surface area contributed by atoms with Gasteiger partial charge in [0.25, 0.3) is 5.69 Å². The smallest absolute Gasteiger partial charge is 0.269 e. The van der Waals surface area contributed by atoms with Gasteiger partial charge in [-0.05, 0) is 5.56 Å². The minimum absolute atomic E-state index is 0.0448. The van der Waals surface area contributed by atoms with Gasteiger partial charge in [-0.2, -0.15) is 0 Å². The summed E-state index contributed by atoms with van der Waals surface area (Å²) >= 11 is 1.19. The van der Waals surface area contributed by atoms with Crippen LogP contribution in [0.4, 0.5) is 5.69 Å². The predicted molar refractivity (Wildman–Crippen MR) is 55.1 cm³/mol. The van der Waals surface area contributed by atoms with Crippen LogP contribution in [0.5, 0.6) is 0 Å². The SMILES string of the molecule is CC(=O)SCc1ccc([N+](=O)[O-])cc1. The van der Waals surface area contributed by atoms with E-state index in [9.17, 15) is 14.9 Å². The second-order valence-corrected chi connectivity index (χ2v) is 3.86. The number of carbonyl (C=O) groups excluding carboxylic acids is 1. The average Bonchev–Trinajstić information content (AvgIpc) is 2.15. The van der Waals surface area contributed by atoms with Gasteiger partial charge < -0.3 is 0 Å². The van der Waals surface area contributed by atoms with Crippen molar-refractivity contribution in [2.24, 2.45) is 0 Å². The standard InChI is InChI=1S/C9H9NO3S/c1-7(11)14-6-8-2-4-9(5-3-8)10(12)13/h2-5H,6H2,1H3. The summed E-state index contributed by atoms with van der Waals surface area (Å²) in [6.45, 7) is 1.50. The Morgan fingerprint density at radius 1 is 1.43 bits per heavy atom. The molecule has 0 aliphatic heterocycles. The Hall–Kier alpha value is -1.36. The molecule has 5 heteroatoms. The van der Waals surface area contributed by atoms with E-state index < -0.39 is 4.92 Å². The molecule has 0 aliphatic rings. The van der Waals surface area contributed by atoms with Gasteiger partial charge in [0.1, 0.15) is 0 Å². The molecule has 14 heavy (non-hydrogen) atoms. The maximum Gasteiger partial charge on any atom is 0.269 e. The molecule has 0 atom stereocenters. The van der Waals surface area contributed by atoms with Gasteiger partial charge in [0.2, 0.25) is 0 Å². The first-order chi connectivity index (χ1) is 6.59. The molecule has 0 saturated carbocycles. The number of carbonyl (C=O) groups is 1. The highest BCUT2D eigenvalue weighted by molar-refractivity contribution is 8.12. The molecule has 0 N–H and O–H groups in total. The summed E-state index contributed by atoms with van der Waals surface area (Å²) in [4.78, 5) is 20.5. The zero-order chi connectivity index (χ0) is 10.6. The third-order valence-electron chi connectivity index (χ3n) is 1.59. The maximum absolute atomic E-state index is 10.6. The Bertz CT molecular complexity index is 348. The lowest BCUT2D eigenvalue weighted by molar-refractivity contribution is -0.384. The van der Waals surface area contributed by atoms with Crippen molar-refractivity contribution < 1.29 is 9.72 Å². The first kappa shape index (κ1) is 10.7. The maximum atomic E-state index is 10.6. The summed E-state index contributed by atoms with van der Waals surface area (Å²) in [6, 6.07) is 6.20. The zero-order valence-electron chi connectivity index (χ0n) is 7.60. The van der Waals surface area contributed by atoms with E-state index in [-0.39, 0.29) is 10.8 Å². The molecular weight excluding hydrogens is 202 g/mol. The van der Waals surface area contributed by atoms with Gasteiger partial charge >= 0.3 is 0 Å². The van der Waals surface area contributed by atoms with Gasteiger partial charge in [0, 0.05) is 24.8 Å². The van der Waals surface area contributed by atoms with E-state index in [1.54, 1.807) is 12.1 Å². The minimum Gasteiger partial charge on any atom is -0.288 e. The third-order valence-corrected chi connectivity index (χ3v) is 2.47. The number of nitro benzene ring substituents is 1. The van der Waals surface area contributed by atoms with Crippen LogP contribution in [0.15, 0.2) is 24.3 Å². The number of benzene rings is 1. The van der Waals surface area contributed by atoms with Crippen LogP contribution in [-0.4, -0.2) is 10.0 Å². The lowest BCUT2D eigenvalue weighted by Crippen LogP contribution is -1.89. The second-order valence-electron chi connectivity index (χ2n) is 2.70. The second kappa shape index (κ2) is 4.76. The average molecular weight is 211 g/mol. The van der Waals surface area contributed by atoms with Crippen LogP contribution in [0.3, 0.4) is 0 Å². The van der Waals surface area contributed by atoms with Crippen LogP contribution < -0.4 is 0 Å². The van der Waals surface area contributed by atoms with E-state index >= 15 is 0 Å². The molecule has 0 unspecified atom stereocenters. The number of nitrogens with zero attached hydrogens (tertiary/aromatic N) is 1. The Kier molecular flexibility index (Phi) is 3.64. The van der Waals surface area contributed by atoms with Crippen molar-refractivity contribution in [3.8, 4) is 0 Å². The van der Waals surface area contributed by atoms with Crippen molar-refractivity contribution in [1.82, 2.24) is 0 Å². The predicted octanol–water partition coefficient (Wildman–Crippen LogP) is 2.37. The van der Waals surface area contributed by atoms with Crippen LogP contribution in [0.2, 0.25) is 0 Å². The molecule has 0 aliphatic carbocycles. The zero-order valence-corrected chi connectivity index (χ0v) is 8.41. The van der Waals surface area contributed by atoms with Crippen LogP contribution in [0.1, 0.15) is 12.5 Å². The molecule has 0 saturated heterocycles. The summed E-state index contributed by atoms with van der Waals surface area (Å²) in [6.07, 6.45) is 0. The number of non-ortho nitro benzene ring substituents is 1. The minimum atomic E-state index is -0.443. The Morgan fingerprint density at radius 3 is 2.43 bits per heavy atom. The van der Waals surface area contributed by atoms with Crippen molar-refractivity contribution in [1.29, 1.82) is 0 Å². The van der Waals surface area contributed by atoms with Crippen molar-refractivity contribution in [3.05, 3.63) is 39.9 Å². The molecule has 0 spiro atoms. The molecule has 0 bridgehead atoms. The van der Waals surface area contributed by atoms with Crippen molar-refractivity contribution in [2.45, 2.75) is 12.7 Å². The van der Waals surface area contributed by atoms with Gasteiger partial charge in [-0.25, -0.2) is 0 Å². The van der Waals surface area contributed by atoms with Crippen LogP contribution in [-0.2, 0) is 10.5 Å². The van der Waals surface area contributed by atoms with E-state index in [1.807, 2.05) is 0 Å². The largest absolute Gasteiger partial charge is 0.288 e. The number of hydrogen-bond acceptors (Lipinski definition) is 4. The van der Waals surface area contributed by atoms with E-state index in [2.05, 4.69) is 0 Å². The fraction of sp³-hybridized carbons (Fsp3) is 0.222. The molecule has 1 aromatic carbocycles. The van der Waals surface area contributed by atoms with E-state index in [0.717, 1.165) is 5.56 Å². The highest BCUT2D eigenvalue weighted by atomic mass is 32.2. The summed E-state index contributed by atoms with van der Waals surface area (Å²) in [5, 5.41) is 10.4. The van der Waals surface area contributed by atoms with Gasteiger partial charge in [0.15, 0.2) is 5.12 Å². The molecule has 0 radical (unpaired) electrons. The molecule has 0 amide bonds. The number of hydrogen-bond donors (Lipinski definition) is 0. The number of thioether (sulfide) groups is 1. The van der Waals surface area contributed by atoms with Gasteiger partial charge in [-0.3, -0.25) is 14.9 Å². The lowest BCUT2D eigenvalue weighted by atomic mass is 10.2. The van der Waals surface area contributed by atoms with Crippen LogP contribution in [0, 0.1) is 10.1 Å². The summed E-state index contributed by atoms with van der Waals surface area (Å²) in [7, 11) is 0. The van der Waals surface area contributed by atoms with Crippen molar-refractivity contribution >= 4 is 22.6 Å². The molecule has 0 fully saturated rings. The topological polar surface area (TPSA) is 60.2 Å². The third kappa shape index (κ3) is 3.18. The highest BCUT2D eigenvalue weighted by Gasteiger charge is 2.04. The fourth-order valence-corrected chi connectivity index (χ4v) is 1.46. The molecule has 1 rings (SSSR count). The Morgan fingerprint density at radius 2 is 2.00 bits per heavy atom. The Labute approximate surface area is 85.5 Å². The molecule has 74 valence electrons. The quantitative estimate of drug-likeness (QED) is 0.568. The van der Waals surface area contributed by atoms with Crippen molar-refractivity contribution in [2.75, 3.05) is 0 Å². The summed E-state index contributed by atoms with van der Waals surface area (Å²) < 4.78 is 0. The Balaban J connectivity index is 2.64. The molecule has 4 nitrogen and oxygen atoms in total.